The molecule has 0 radical (unpaired) electrons. The molecule has 2 rings (SSSR count). The van der Waals surface area contributed by atoms with Gasteiger partial charge in [0.25, 0.3) is 0 Å². The first-order chi connectivity index (χ1) is 7.59. The first kappa shape index (κ1) is 11.5. The fraction of sp³-hybridized carbons (Fsp3) is 0.667. The Morgan fingerprint density at radius 2 is 2.06 bits per heavy atom. The highest BCUT2D eigenvalue weighted by Gasteiger charge is 2.31. The molecule has 1 aliphatic rings. The first-order valence-corrected chi connectivity index (χ1v) is 5.86. The molecular formula is C12H20N4. The van der Waals surface area contributed by atoms with Crippen LogP contribution in [-0.2, 0) is 0 Å². The lowest BCUT2D eigenvalue weighted by atomic mass is 10.1. The molecule has 0 spiro atoms. The lowest BCUT2D eigenvalue weighted by molar-refractivity contribution is 0.248. The number of nitrogens with two attached hydrogens (primary N) is 1. The van der Waals surface area contributed by atoms with Crippen molar-refractivity contribution in [2.24, 2.45) is 11.7 Å². The van der Waals surface area contributed by atoms with Gasteiger partial charge in [-0.25, -0.2) is 0 Å². The zero-order valence-corrected chi connectivity index (χ0v) is 10.2. The van der Waals surface area contributed by atoms with Crippen molar-refractivity contribution >= 4 is 0 Å². The SMILES string of the molecule is Cc1nccnc1C(C)N1CC(C)C(N)C1. The van der Waals surface area contributed by atoms with Gasteiger partial charge in [0.2, 0.25) is 0 Å². The summed E-state index contributed by atoms with van der Waals surface area (Å²) in [4.78, 5) is 11.1. The molecular weight excluding hydrogens is 200 g/mol. The second kappa shape index (κ2) is 4.47. The number of aromatic nitrogens is 2. The third-order valence-electron chi connectivity index (χ3n) is 3.56. The Morgan fingerprint density at radius 1 is 1.38 bits per heavy atom. The average molecular weight is 220 g/mol. The number of hydrogen-bond donors (Lipinski definition) is 1. The molecule has 3 atom stereocenters. The molecule has 0 saturated carbocycles. The maximum absolute atomic E-state index is 6.04. The highest BCUT2D eigenvalue weighted by Crippen LogP contribution is 2.26. The fourth-order valence-corrected chi connectivity index (χ4v) is 2.35. The van der Waals surface area contributed by atoms with Gasteiger partial charge in [0.15, 0.2) is 0 Å². The summed E-state index contributed by atoms with van der Waals surface area (Å²) in [6, 6.07) is 0.601. The van der Waals surface area contributed by atoms with Gasteiger partial charge in [-0.1, -0.05) is 6.92 Å². The Morgan fingerprint density at radius 3 is 2.62 bits per heavy atom. The van der Waals surface area contributed by atoms with E-state index in [1.54, 1.807) is 12.4 Å². The van der Waals surface area contributed by atoms with Crippen LogP contribution in [0.2, 0.25) is 0 Å². The molecule has 4 heteroatoms. The van der Waals surface area contributed by atoms with Gasteiger partial charge in [0.1, 0.15) is 0 Å². The molecule has 2 N–H and O–H groups in total. The van der Waals surface area contributed by atoms with Crippen molar-refractivity contribution in [3.63, 3.8) is 0 Å². The van der Waals surface area contributed by atoms with Gasteiger partial charge >= 0.3 is 0 Å². The average Bonchev–Trinajstić information content (AvgIpc) is 2.59. The lowest BCUT2D eigenvalue weighted by Gasteiger charge is -2.24. The minimum atomic E-state index is 0.291. The summed E-state index contributed by atoms with van der Waals surface area (Å²) in [5.41, 5.74) is 8.13. The largest absolute Gasteiger partial charge is 0.326 e. The topological polar surface area (TPSA) is 55.0 Å². The molecule has 88 valence electrons. The smallest absolute Gasteiger partial charge is 0.0784 e. The van der Waals surface area contributed by atoms with Crippen LogP contribution in [0, 0.1) is 12.8 Å². The summed E-state index contributed by atoms with van der Waals surface area (Å²) in [6.07, 6.45) is 3.50. The molecule has 1 fully saturated rings. The van der Waals surface area contributed by atoms with Gasteiger partial charge in [0.05, 0.1) is 17.4 Å². The highest BCUT2D eigenvalue weighted by molar-refractivity contribution is 5.13. The van der Waals surface area contributed by atoms with Crippen LogP contribution >= 0.6 is 0 Å². The van der Waals surface area contributed by atoms with E-state index in [0.717, 1.165) is 24.5 Å². The molecule has 1 saturated heterocycles. The third kappa shape index (κ3) is 2.08. The zero-order valence-electron chi connectivity index (χ0n) is 10.2. The van der Waals surface area contributed by atoms with E-state index in [2.05, 4.69) is 28.7 Å². The van der Waals surface area contributed by atoms with Crippen LogP contribution in [0.25, 0.3) is 0 Å². The molecule has 0 amide bonds. The van der Waals surface area contributed by atoms with Crippen LogP contribution in [0.5, 0.6) is 0 Å². The summed E-state index contributed by atoms with van der Waals surface area (Å²) in [5, 5.41) is 0. The molecule has 1 aromatic heterocycles. The molecule has 4 nitrogen and oxygen atoms in total. The number of likely N-dealkylation sites (tertiary alicyclic amines) is 1. The molecule has 1 aromatic rings. The normalized spacial score (nSPS) is 28.2. The first-order valence-electron chi connectivity index (χ1n) is 5.86. The minimum Gasteiger partial charge on any atom is -0.326 e. The van der Waals surface area contributed by atoms with E-state index < -0.39 is 0 Å². The maximum atomic E-state index is 6.04. The molecule has 0 aliphatic carbocycles. The summed E-state index contributed by atoms with van der Waals surface area (Å²) in [5.74, 6) is 0.569. The van der Waals surface area contributed by atoms with E-state index >= 15 is 0 Å². The van der Waals surface area contributed by atoms with Gasteiger partial charge in [-0.2, -0.15) is 0 Å². The molecule has 3 unspecified atom stereocenters. The number of rotatable bonds is 2. The molecule has 2 heterocycles. The fourth-order valence-electron chi connectivity index (χ4n) is 2.35. The maximum Gasteiger partial charge on any atom is 0.0784 e. The molecule has 0 bridgehead atoms. The molecule has 16 heavy (non-hydrogen) atoms. The van der Waals surface area contributed by atoms with E-state index in [1.807, 2.05) is 6.92 Å². The Balaban J connectivity index is 2.14. The van der Waals surface area contributed by atoms with Crippen LogP contribution in [0.3, 0.4) is 0 Å². The van der Waals surface area contributed by atoms with Crippen LogP contribution in [0.1, 0.15) is 31.3 Å². The zero-order chi connectivity index (χ0) is 11.7. The van der Waals surface area contributed by atoms with Gasteiger partial charge in [-0.3, -0.25) is 14.9 Å². The predicted octanol–water partition coefficient (Wildman–Crippen LogP) is 1.13. The van der Waals surface area contributed by atoms with Crippen molar-refractivity contribution in [3.05, 3.63) is 23.8 Å². The van der Waals surface area contributed by atoms with Gasteiger partial charge in [-0.05, 0) is 19.8 Å². The van der Waals surface area contributed by atoms with E-state index in [-0.39, 0.29) is 0 Å². The quantitative estimate of drug-likeness (QED) is 0.811. The lowest BCUT2D eigenvalue weighted by Crippen LogP contribution is -2.30. The van der Waals surface area contributed by atoms with E-state index in [4.69, 9.17) is 5.73 Å². The highest BCUT2D eigenvalue weighted by atomic mass is 15.2. The van der Waals surface area contributed by atoms with Crippen molar-refractivity contribution in [1.29, 1.82) is 0 Å². The Labute approximate surface area is 96.9 Å². The number of aryl methyl sites for hydroxylation is 1. The van der Waals surface area contributed by atoms with E-state index in [1.165, 1.54) is 0 Å². The predicted molar refractivity (Wildman–Crippen MR) is 63.9 cm³/mol. The second-order valence-electron chi connectivity index (χ2n) is 4.80. The Hall–Kier alpha value is -1.00. The Bertz CT molecular complexity index is 356. The van der Waals surface area contributed by atoms with Crippen LogP contribution < -0.4 is 5.73 Å². The summed E-state index contributed by atoms with van der Waals surface area (Å²) in [6.45, 7) is 8.41. The minimum absolute atomic E-state index is 0.291. The summed E-state index contributed by atoms with van der Waals surface area (Å²) in [7, 11) is 0. The van der Waals surface area contributed by atoms with Crippen molar-refractivity contribution in [3.8, 4) is 0 Å². The van der Waals surface area contributed by atoms with Crippen molar-refractivity contribution in [2.45, 2.75) is 32.9 Å². The van der Waals surface area contributed by atoms with Crippen molar-refractivity contribution in [2.75, 3.05) is 13.1 Å². The van der Waals surface area contributed by atoms with Gasteiger partial charge in [0, 0.05) is 31.5 Å². The molecule has 0 aromatic carbocycles. The van der Waals surface area contributed by atoms with E-state index in [9.17, 15) is 0 Å². The molecule has 1 aliphatic heterocycles. The number of nitrogens with zero attached hydrogens (tertiary/aromatic N) is 3. The monoisotopic (exact) mass is 220 g/mol. The van der Waals surface area contributed by atoms with Crippen LogP contribution in [0.15, 0.2) is 12.4 Å². The van der Waals surface area contributed by atoms with Crippen LogP contribution in [0.4, 0.5) is 0 Å². The standard InChI is InChI=1S/C12H20N4/c1-8-6-16(7-11(8)13)10(3)12-9(2)14-4-5-15-12/h4-5,8,10-11H,6-7,13H2,1-3H3. The summed E-state index contributed by atoms with van der Waals surface area (Å²) < 4.78 is 0. The summed E-state index contributed by atoms with van der Waals surface area (Å²) >= 11 is 0. The number of hydrogen-bond acceptors (Lipinski definition) is 4. The van der Waals surface area contributed by atoms with Crippen LogP contribution in [-0.4, -0.2) is 34.0 Å². The van der Waals surface area contributed by atoms with E-state index in [0.29, 0.717) is 18.0 Å². The van der Waals surface area contributed by atoms with Gasteiger partial charge in [-0.15, -0.1) is 0 Å². The van der Waals surface area contributed by atoms with Crippen molar-refractivity contribution in [1.82, 2.24) is 14.9 Å². The second-order valence-corrected chi connectivity index (χ2v) is 4.80. The van der Waals surface area contributed by atoms with Gasteiger partial charge < -0.3 is 5.73 Å². The Kier molecular flexibility index (Phi) is 3.21. The third-order valence-corrected chi connectivity index (χ3v) is 3.56. The van der Waals surface area contributed by atoms with Crippen molar-refractivity contribution < 1.29 is 0 Å².